The zero-order valence-electron chi connectivity index (χ0n) is 15.0. The maximum Gasteiger partial charge on any atom is 0.194 e. The van der Waals surface area contributed by atoms with Crippen molar-refractivity contribution in [2.45, 2.75) is 26.3 Å². The number of likely N-dealkylation sites (N-methyl/N-ethyl adjacent to an activating group) is 1. The van der Waals surface area contributed by atoms with E-state index < -0.39 is 0 Å². The molecule has 2 fully saturated rings. The predicted octanol–water partition coefficient (Wildman–Crippen LogP) is 0.928. The number of halogens is 1. The molecule has 0 aromatic rings. The number of hydrogen-bond donors (Lipinski definition) is 1. The Morgan fingerprint density at radius 2 is 2.00 bits per heavy atom. The van der Waals surface area contributed by atoms with Crippen LogP contribution in [0.1, 0.15) is 20.3 Å². The maximum atomic E-state index is 5.46. The van der Waals surface area contributed by atoms with E-state index in [1.807, 2.05) is 0 Å². The van der Waals surface area contributed by atoms with E-state index in [0.717, 1.165) is 71.5 Å². The molecule has 0 spiro atoms. The lowest BCUT2D eigenvalue weighted by Crippen LogP contribution is -2.46. The normalized spacial score (nSPS) is 23.2. The molecule has 2 aliphatic heterocycles. The lowest BCUT2D eigenvalue weighted by molar-refractivity contribution is 0.0195. The molecule has 0 radical (unpaired) electrons. The van der Waals surface area contributed by atoms with Gasteiger partial charge in [-0.1, -0.05) is 6.92 Å². The second-order valence-corrected chi connectivity index (χ2v) is 6.17. The van der Waals surface area contributed by atoms with E-state index >= 15 is 0 Å². The van der Waals surface area contributed by atoms with Crippen LogP contribution >= 0.6 is 24.0 Å². The van der Waals surface area contributed by atoms with Gasteiger partial charge in [-0.2, -0.15) is 0 Å². The smallest absolute Gasteiger partial charge is 0.194 e. The molecule has 7 heteroatoms. The third-order valence-corrected chi connectivity index (χ3v) is 4.64. The average molecular weight is 439 g/mol. The number of morpholine rings is 1. The first kappa shape index (κ1) is 20.9. The van der Waals surface area contributed by atoms with Gasteiger partial charge in [0.25, 0.3) is 0 Å². The number of aliphatic imine (C=N–C) groups is 1. The lowest BCUT2D eigenvalue weighted by atomic mass is 10.2. The largest absolute Gasteiger partial charge is 0.379 e. The average Bonchev–Trinajstić information content (AvgIpc) is 3.04. The number of hydrogen-bond acceptors (Lipinski definition) is 4. The minimum absolute atomic E-state index is 0. The molecule has 1 unspecified atom stereocenters. The molecule has 1 N–H and O–H groups in total. The van der Waals surface area contributed by atoms with Gasteiger partial charge < -0.3 is 19.9 Å². The number of nitrogens with one attached hydrogen (secondary N) is 1. The van der Waals surface area contributed by atoms with Crippen LogP contribution in [0.3, 0.4) is 0 Å². The first-order valence-corrected chi connectivity index (χ1v) is 8.78. The van der Waals surface area contributed by atoms with Gasteiger partial charge in [-0.05, 0) is 26.9 Å². The van der Waals surface area contributed by atoms with Gasteiger partial charge in [0.05, 0.1) is 19.8 Å². The molecule has 6 nitrogen and oxygen atoms in total. The van der Waals surface area contributed by atoms with Crippen LogP contribution < -0.4 is 5.32 Å². The monoisotopic (exact) mass is 439 g/mol. The molecule has 136 valence electrons. The van der Waals surface area contributed by atoms with Crippen LogP contribution in [0.15, 0.2) is 4.99 Å². The van der Waals surface area contributed by atoms with E-state index in [1.54, 1.807) is 0 Å². The number of guanidine groups is 1. The van der Waals surface area contributed by atoms with Crippen LogP contribution in [-0.4, -0.2) is 99.3 Å². The Balaban J connectivity index is 0.00000264. The Labute approximate surface area is 158 Å². The van der Waals surface area contributed by atoms with E-state index in [1.165, 1.54) is 6.42 Å². The Morgan fingerprint density at radius 3 is 2.65 bits per heavy atom. The van der Waals surface area contributed by atoms with E-state index in [-0.39, 0.29) is 24.0 Å². The van der Waals surface area contributed by atoms with E-state index in [9.17, 15) is 0 Å². The van der Waals surface area contributed by atoms with Crippen molar-refractivity contribution in [3.05, 3.63) is 0 Å². The van der Waals surface area contributed by atoms with Gasteiger partial charge in [-0.25, -0.2) is 0 Å². The van der Waals surface area contributed by atoms with Crippen molar-refractivity contribution in [2.75, 3.05) is 72.6 Å². The van der Waals surface area contributed by atoms with Crippen molar-refractivity contribution in [3.63, 3.8) is 0 Å². The van der Waals surface area contributed by atoms with Crippen LogP contribution in [0.25, 0.3) is 0 Å². The van der Waals surface area contributed by atoms with Crippen LogP contribution in [0, 0.1) is 0 Å². The first-order valence-electron chi connectivity index (χ1n) is 8.78. The molecule has 0 amide bonds. The van der Waals surface area contributed by atoms with Gasteiger partial charge in [-0.15, -0.1) is 24.0 Å². The summed E-state index contributed by atoms with van der Waals surface area (Å²) >= 11 is 0. The summed E-state index contributed by atoms with van der Waals surface area (Å²) in [4.78, 5) is 12.1. The number of nitrogens with zero attached hydrogens (tertiary/aromatic N) is 4. The fraction of sp³-hybridized carbons (Fsp3) is 0.938. The topological polar surface area (TPSA) is 43.3 Å². The molecular weight excluding hydrogens is 405 g/mol. The highest BCUT2D eigenvalue weighted by molar-refractivity contribution is 14.0. The van der Waals surface area contributed by atoms with Crippen LogP contribution in [-0.2, 0) is 4.74 Å². The second kappa shape index (κ2) is 11.4. The molecule has 0 bridgehead atoms. The Kier molecular flexibility index (Phi) is 10.4. The van der Waals surface area contributed by atoms with Gasteiger partial charge in [-0.3, -0.25) is 9.89 Å². The molecule has 2 saturated heterocycles. The van der Waals surface area contributed by atoms with Crippen LogP contribution in [0.4, 0.5) is 0 Å². The molecular formula is C16H34IN5O. The molecule has 1 atom stereocenters. The van der Waals surface area contributed by atoms with Gasteiger partial charge >= 0.3 is 0 Å². The number of rotatable bonds is 6. The van der Waals surface area contributed by atoms with Crippen LogP contribution in [0.5, 0.6) is 0 Å². The highest BCUT2D eigenvalue weighted by Crippen LogP contribution is 2.17. The molecule has 23 heavy (non-hydrogen) atoms. The summed E-state index contributed by atoms with van der Waals surface area (Å²) in [5.74, 6) is 1.09. The Hall–Kier alpha value is -0.120. The van der Waals surface area contributed by atoms with Gasteiger partial charge in [0, 0.05) is 45.3 Å². The molecule has 2 rings (SSSR count). The van der Waals surface area contributed by atoms with Crippen LogP contribution in [0.2, 0.25) is 0 Å². The van der Waals surface area contributed by atoms with Gasteiger partial charge in [0.15, 0.2) is 5.96 Å². The van der Waals surface area contributed by atoms with Gasteiger partial charge in [0.2, 0.25) is 0 Å². The van der Waals surface area contributed by atoms with Crippen molar-refractivity contribution in [1.29, 1.82) is 0 Å². The SMILES string of the molecule is CCNC(=NCCN(C)CC)N1CCC(N2CCOCC2)C1.I. The molecule has 2 heterocycles. The highest BCUT2D eigenvalue weighted by Gasteiger charge is 2.30. The maximum absolute atomic E-state index is 5.46. The summed E-state index contributed by atoms with van der Waals surface area (Å²) < 4.78 is 5.46. The Morgan fingerprint density at radius 1 is 1.26 bits per heavy atom. The fourth-order valence-corrected chi connectivity index (χ4v) is 3.09. The van der Waals surface area contributed by atoms with Crippen molar-refractivity contribution < 1.29 is 4.74 Å². The molecule has 0 aromatic carbocycles. The second-order valence-electron chi connectivity index (χ2n) is 6.17. The third-order valence-electron chi connectivity index (χ3n) is 4.64. The molecule has 0 aromatic heterocycles. The zero-order chi connectivity index (χ0) is 15.8. The standard InChI is InChI=1S/C16H33N5O.HI/c1-4-17-16(18-7-9-19(3)5-2)21-8-6-15(14-21)20-10-12-22-13-11-20;/h15H,4-14H2,1-3H3,(H,17,18);1H. The van der Waals surface area contributed by atoms with Crippen molar-refractivity contribution in [3.8, 4) is 0 Å². The van der Waals surface area contributed by atoms with E-state index in [2.05, 4.69) is 40.9 Å². The summed E-state index contributed by atoms with van der Waals surface area (Å²) in [7, 11) is 2.15. The first-order chi connectivity index (χ1) is 10.7. The molecule has 0 aliphatic carbocycles. The Bertz CT molecular complexity index is 349. The third kappa shape index (κ3) is 6.72. The molecule has 2 aliphatic rings. The number of likely N-dealkylation sites (tertiary alicyclic amines) is 1. The molecule has 0 saturated carbocycles. The summed E-state index contributed by atoms with van der Waals surface area (Å²) in [5, 5.41) is 3.45. The fourth-order valence-electron chi connectivity index (χ4n) is 3.09. The lowest BCUT2D eigenvalue weighted by Gasteiger charge is -2.32. The van der Waals surface area contributed by atoms with Crippen molar-refractivity contribution in [2.24, 2.45) is 4.99 Å². The quantitative estimate of drug-likeness (QED) is 0.379. The zero-order valence-corrected chi connectivity index (χ0v) is 17.3. The minimum Gasteiger partial charge on any atom is -0.379 e. The van der Waals surface area contributed by atoms with Crippen molar-refractivity contribution in [1.82, 2.24) is 20.0 Å². The summed E-state index contributed by atoms with van der Waals surface area (Å²) in [6.45, 7) is 14.3. The number of ether oxygens (including phenoxy) is 1. The minimum atomic E-state index is 0. The summed E-state index contributed by atoms with van der Waals surface area (Å²) in [5.41, 5.74) is 0. The summed E-state index contributed by atoms with van der Waals surface area (Å²) in [6.07, 6.45) is 1.24. The van der Waals surface area contributed by atoms with Gasteiger partial charge in [0.1, 0.15) is 0 Å². The highest BCUT2D eigenvalue weighted by atomic mass is 127. The van der Waals surface area contributed by atoms with Crippen molar-refractivity contribution >= 4 is 29.9 Å². The van der Waals surface area contributed by atoms with E-state index in [0.29, 0.717) is 6.04 Å². The predicted molar refractivity (Wildman–Crippen MR) is 107 cm³/mol. The van der Waals surface area contributed by atoms with E-state index in [4.69, 9.17) is 9.73 Å². The summed E-state index contributed by atoms with van der Waals surface area (Å²) in [6, 6.07) is 0.658.